The van der Waals surface area contributed by atoms with E-state index >= 15 is 0 Å². The van der Waals surface area contributed by atoms with Crippen molar-refractivity contribution in [3.8, 4) is 17.1 Å². The van der Waals surface area contributed by atoms with Gasteiger partial charge in [0.15, 0.2) is 0 Å². The normalized spacial score (nSPS) is 11.7. The third-order valence-electron chi connectivity index (χ3n) is 3.38. The maximum Gasteiger partial charge on any atom is 0.316 e. The van der Waals surface area contributed by atoms with Crippen molar-refractivity contribution in [3.63, 3.8) is 0 Å². The van der Waals surface area contributed by atoms with E-state index in [1.807, 2.05) is 45.0 Å². The number of carbonyl (C=O) groups is 1. The molecule has 0 saturated heterocycles. The Kier molecular flexibility index (Phi) is 3.86. The Balaban J connectivity index is 1.93. The summed E-state index contributed by atoms with van der Waals surface area (Å²) in [6.45, 7) is 5.46. The van der Waals surface area contributed by atoms with Crippen molar-refractivity contribution in [2.24, 2.45) is 5.41 Å². The number of H-pyrrole nitrogens is 1. The number of fused-ring (bicyclic) bond motifs is 1. The molecule has 0 aliphatic carbocycles. The minimum atomic E-state index is -0.549. The third-order valence-corrected chi connectivity index (χ3v) is 3.61. The second-order valence-corrected chi connectivity index (χ2v) is 6.85. The summed E-state index contributed by atoms with van der Waals surface area (Å²) in [6, 6.07) is 12.8. The Morgan fingerprint density at radius 2 is 1.96 bits per heavy atom. The lowest BCUT2D eigenvalue weighted by Gasteiger charge is -2.16. The predicted molar refractivity (Wildman–Crippen MR) is 91.6 cm³/mol. The maximum atomic E-state index is 12.0. The molecular weight excluding hydrogens is 312 g/mol. The van der Waals surface area contributed by atoms with Crippen molar-refractivity contribution < 1.29 is 9.53 Å². The molecule has 0 atom stereocenters. The number of benzene rings is 2. The molecule has 5 heteroatoms. The number of hydrogen-bond donors (Lipinski definition) is 1. The highest BCUT2D eigenvalue weighted by molar-refractivity contribution is 6.31. The molecule has 0 aliphatic rings. The van der Waals surface area contributed by atoms with Crippen molar-refractivity contribution in [2.75, 3.05) is 0 Å². The summed E-state index contributed by atoms with van der Waals surface area (Å²) in [7, 11) is 0. The first-order valence-corrected chi connectivity index (χ1v) is 7.69. The highest BCUT2D eigenvalue weighted by Gasteiger charge is 2.23. The van der Waals surface area contributed by atoms with Crippen LogP contribution in [-0.4, -0.2) is 15.9 Å². The quantitative estimate of drug-likeness (QED) is 0.541. The van der Waals surface area contributed by atoms with Gasteiger partial charge in [-0.1, -0.05) is 23.7 Å². The second-order valence-electron chi connectivity index (χ2n) is 6.41. The first-order chi connectivity index (χ1) is 10.8. The second kappa shape index (κ2) is 5.70. The molecule has 1 N–H and O–H groups in total. The van der Waals surface area contributed by atoms with Gasteiger partial charge in [-0.15, -0.1) is 0 Å². The summed E-state index contributed by atoms with van der Waals surface area (Å²) in [6.07, 6.45) is 0. The largest absolute Gasteiger partial charge is 0.426 e. The molecule has 1 aromatic heterocycles. The maximum absolute atomic E-state index is 12.0. The first-order valence-electron chi connectivity index (χ1n) is 7.31. The van der Waals surface area contributed by atoms with E-state index in [0.717, 1.165) is 16.6 Å². The molecule has 23 heavy (non-hydrogen) atoms. The fraction of sp³-hybridized carbons (Fsp3) is 0.222. The fourth-order valence-corrected chi connectivity index (χ4v) is 2.25. The number of esters is 1. The van der Waals surface area contributed by atoms with E-state index in [0.29, 0.717) is 16.6 Å². The van der Waals surface area contributed by atoms with Gasteiger partial charge in [-0.2, -0.15) is 0 Å². The molecule has 0 unspecified atom stereocenters. The number of halogens is 1. The minimum absolute atomic E-state index is 0.272. The first kappa shape index (κ1) is 15.6. The van der Waals surface area contributed by atoms with Crippen LogP contribution >= 0.6 is 11.6 Å². The van der Waals surface area contributed by atoms with Crippen LogP contribution in [0.5, 0.6) is 5.75 Å². The number of rotatable bonds is 2. The molecule has 1 heterocycles. The van der Waals surface area contributed by atoms with Crippen LogP contribution in [0.2, 0.25) is 5.02 Å². The Morgan fingerprint density at radius 3 is 2.70 bits per heavy atom. The van der Waals surface area contributed by atoms with Crippen molar-refractivity contribution in [3.05, 3.63) is 47.5 Å². The molecule has 0 aliphatic heterocycles. The van der Waals surface area contributed by atoms with Gasteiger partial charge in [-0.05, 0) is 51.1 Å². The van der Waals surface area contributed by atoms with Crippen LogP contribution in [0.25, 0.3) is 22.4 Å². The average Bonchev–Trinajstić information content (AvgIpc) is 2.89. The van der Waals surface area contributed by atoms with Crippen LogP contribution in [0.15, 0.2) is 42.5 Å². The lowest BCUT2D eigenvalue weighted by atomic mass is 9.97. The Hall–Kier alpha value is -2.33. The van der Waals surface area contributed by atoms with Crippen molar-refractivity contribution in [1.29, 1.82) is 0 Å². The van der Waals surface area contributed by atoms with Crippen LogP contribution in [0, 0.1) is 5.41 Å². The number of nitrogens with one attached hydrogen (secondary N) is 1. The minimum Gasteiger partial charge on any atom is -0.426 e. The highest BCUT2D eigenvalue weighted by Crippen LogP contribution is 2.26. The van der Waals surface area contributed by atoms with Gasteiger partial charge in [0.1, 0.15) is 11.6 Å². The zero-order chi connectivity index (χ0) is 16.6. The highest BCUT2D eigenvalue weighted by atomic mass is 35.5. The van der Waals surface area contributed by atoms with Crippen molar-refractivity contribution in [2.45, 2.75) is 20.8 Å². The molecule has 0 spiro atoms. The van der Waals surface area contributed by atoms with Crippen LogP contribution in [0.4, 0.5) is 0 Å². The lowest BCUT2D eigenvalue weighted by molar-refractivity contribution is -0.142. The van der Waals surface area contributed by atoms with E-state index in [1.54, 1.807) is 18.2 Å². The number of carbonyl (C=O) groups excluding carboxylic acids is 1. The molecule has 118 valence electrons. The van der Waals surface area contributed by atoms with Gasteiger partial charge in [-0.3, -0.25) is 4.79 Å². The Labute approximate surface area is 139 Å². The monoisotopic (exact) mass is 328 g/mol. The summed E-state index contributed by atoms with van der Waals surface area (Å²) in [5.74, 6) is 0.933. The molecule has 3 aromatic rings. The number of aromatic amines is 1. The standard InChI is InChI=1S/C18H17ClN2O2/c1-18(2,3)17(22)23-13-6-4-5-11(9-13)16-20-14-8-7-12(19)10-15(14)21-16/h4-10H,1-3H3,(H,20,21). The smallest absolute Gasteiger partial charge is 0.316 e. The molecule has 0 fully saturated rings. The molecular formula is C18H17ClN2O2. The summed E-state index contributed by atoms with van der Waals surface area (Å²) < 4.78 is 5.43. The molecule has 0 amide bonds. The average molecular weight is 329 g/mol. The van der Waals surface area contributed by atoms with Gasteiger partial charge in [0, 0.05) is 10.6 Å². The van der Waals surface area contributed by atoms with Crippen LogP contribution < -0.4 is 4.74 Å². The van der Waals surface area contributed by atoms with Crippen LogP contribution in [0.3, 0.4) is 0 Å². The molecule has 3 rings (SSSR count). The topological polar surface area (TPSA) is 55.0 Å². The van der Waals surface area contributed by atoms with Gasteiger partial charge in [0.05, 0.1) is 16.4 Å². The number of nitrogens with zero attached hydrogens (tertiary/aromatic N) is 1. The number of aromatic nitrogens is 2. The number of imidazole rings is 1. The molecule has 2 aromatic carbocycles. The summed E-state index contributed by atoms with van der Waals surface area (Å²) >= 11 is 5.99. The van der Waals surface area contributed by atoms with Crippen molar-refractivity contribution >= 4 is 28.6 Å². The summed E-state index contributed by atoms with van der Waals surface area (Å²) in [4.78, 5) is 19.8. The SMILES string of the molecule is CC(C)(C)C(=O)Oc1cccc(-c2nc3cc(Cl)ccc3[nH]2)c1. The summed E-state index contributed by atoms with van der Waals surface area (Å²) in [5.41, 5.74) is 1.99. The van der Waals surface area contributed by atoms with E-state index < -0.39 is 5.41 Å². The van der Waals surface area contributed by atoms with Crippen LogP contribution in [0.1, 0.15) is 20.8 Å². The molecule has 0 bridgehead atoms. The van der Waals surface area contributed by atoms with E-state index in [-0.39, 0.29) is 5.97 Å². The third kappa shape index (κ3) is 3.37. The van der Waals surface area contributed by atoms with E-state index in [4.69, 9.17) is 16.3 Å². The van der Waals surface area contributed by atoms with E-state index in [9.17, 15) is 4.79 Å². The van der Waals surface area contributed by atoms with Gasteiger partial charge in [0.25, 0.3) is 0 Å². The van der Waals surface area contributed by atoms with Gasteiger partial charge in [0.2, 0.25) is 0 Å². The Bertz CT molecular complexity index is 878. The zero-order valence-corrected chi connectivity index (χ0v) is 13.9. The summed E-state index contributed by atoms with van der Waals surface area (Å²) in [5, 5.41) is 0.642. The van der Waals surface area contributed by atoms with Crippen LogP contribution in [-0.2, 0) is 4.79 Å². The molecule has 4 nitrogen and oxygen atoms in total. The van der Waals surface area contributed by atoms with Crippen molar-refractivity contribution in [1.82, 2.24) is 9.97 Å². The Morgan fingerprint density at radius 1 is 1.17 bits per heavy atom. The van der Waals surface area contributed by atoms with Gasteiger partial charge < -0.3 is 9.72 Å². The number of ether oxygens (including phenoxy) is 1. The zero-order valence-electron chi connectivity index (χ0n) is 13.2. The van der Waals surface area contributed by atoms with E-state index in [2.05, 4.69) is 9.97 Å². The number of hydrogen-bond acceptors (Lipinski definition) is 3. The fourth-order valence-electron chi connectivity index (χ4n) is 2.08. The van der Waals surface area contributed by atoms with E-state index in [1.165, 1.54) is 0 Å². The molecule has 0 radical (unpaired) electrons. The molecule has 0 saturated carbocycles. The van der Waals surface area contributed by atoms with Gasteiger partial charge in [-0.25, -0.2) is 4.98 Å². The predicted octanol–water partition coefficient (Wildman–Crippen LogP) is 4.83. The lowest BCUT2D eigenvalue weighted by Crippen LogP contribution is -2.25. The van der Waals surface area contributed by atoms with Gasteiger partial charge >= 0.3 is 5.97 Å².